The highest BCUT2D eigenvalue weighted by Crippen LogP contribution is 2.33. The molecule has 5 rings (SSSR count). The maximum atomic E-state index is 4.91. The van der Waals surface area contributed by atoms with E-state index in [-0.39, 0.29) is 6.04 Å². The zero-order valence-electron chi connectivity index (χ0n) is 15.1. The zero-order chi connectivity index (χ0) is 18.2. The highest BCUT2D eigenvalue weighted by atomic mass is 16.6. The van der Waals surface area contributed by atoms with Gasteiger partial charge in [0.15, 0.2) is 5.65 Å². The molecule has 0 saturated carbocycles. The quantitative estimate of drug-likeness (QED) is 0.555. The summed E-state index contributed by atoms with van der Waals surface area (Å²) in [6.45, 7) is 3.79. The van der Waals surface area contributed by atoms with E-state index < -0.39 is 0 Å². The van der Waals surface area contributed by atoms with Crippen LogP contribution >= 0.6 is 0 Å². The van der Waals surface area contributed by atoms with Gasteiger partial charge in [0.05, 0.1) is 12.2 Å². The molecule has 7 nitrogen and oxygen atoms in total. The molecule has 1 saturated heterocycles. The van der Waals surface area contributed by atoms with Crippen molar-refractivity contribution < 1.29 is 4.63 Å². The number of hydrogen-bond acceptors (Lipinski definition) is 6. The summed E-state index contributed by atoms with van der Waals surface area (Å²) in [5, 5.41) is 12.6. The number of aromatic nitrogens is 5. The number of aryl methyl sites for hydroxylation is 1. The van der Waals surface area contributed by atoms with Gasteiger partial charge in [-0.25, -0.2) is 14.1 Å². The summed E-state index contributed by atoms with van der Waals surface area (Å²) in [5.41, 5.74) is 6.00. The minimum Gasteiger partial charge on any atom is -0.290 e. The van der Waals surface area contributed by atoms with Crippen LogP contribution < -0.4 is 0 Å². The first-order valence-corrected chi connectivity index (χ1v) is 9.20. The Bertz CT molecular complexity index is 1070. The van der Waals surface area contributed by atoms with Crippen molar-refractivity contribution in [2.24, 2.45) is 0 Å². The van der Waals surface area contributed by atoms with E-state index in [2.05, 4.69) is 38.6 Å². The molecular formula is C20H20N6O. The minimum absolute atomic E-state index is 0.254. The maximum absolute atomic E-state index is 4.91. The molecule has 0 radical (unpaired) electrons. The second-order valence-corrected chi connectivity index (χ2v) is 7.02. The van der Waals surface area contributed by atoms with E-state index in [1.165, 1.54) is 0 Å². The van der Waals surface area contributed by atoms with Crippen LogP contribution in [-0.4, -0.2) is 36.4 Å². The smallest absolute Gasteiger partial charge is 0.162 e. The zero-order valence-corrected chi connectivity index (χ0v) is 15.1. The third kappa shape index (κ3) is 2.90. The Hall–Kier alpha value is -3.06. The lowest BCUT2D eigenvalue weighted by atomic mass is 10.1. The molecule has 136 valence electrons. The molecule has 0 amide bonds. The van der Waals surface area contributed by atoms with Gasteiger partial charge in [-0.15, -0.1) is 0 Å². The van der Waals surface area contributed by atoms with E-state index in [9.17, 15) is 0 Å². The molecule has 27 heavy (non-hydrogen) atoms. The third-order valence-corrected chi connectivity index (χ3v) is 5.25. The fourth-order valence-corrected chi connectivity index (χ4v) is 3.92. The van der Waals surface area contributed by atoms with Crippen LogP contribution in [0.2, 0.25) is 0 Å². The van der Waals surface area contributed by atoms with Gasteiger partial charge in [0.25, 0.3) is 0 Å². The van der Waals surface area contributed by atoms with Crippen molar-refractivity contribution in [3.8, 4) is 11.1 Å². The van der Waals surface area contributed by atoms with Crippen LogP contribution in [0.1, 0.15) is 35.8 Å². The van der Waals surface area contributed by atoms with Gasteiger partial charge in [0.1, 0.15) is 11.4 Å². The number of rotatable bonds is 4. The van der Waals surface area contributed by atoms with Crippen LogP contribution in [0.15, 0.2) is 53.6 Å². The average Bonchev–Trinajstić information content (AvgIpc) is 3.42. The number of benzene rings is 1. The van der Waals surface area contributed by atoms with E-state index in [0.717, 1.165) is 59.7 Å². The first-order chi connectivity index (χ1) is 13.3. The van der Waals surface area contributed by atoms with Crippen LogP contribution in [0.5, 0.6) is 0 Å². The normalized spacial score (nSPS) is 17.7. The van der Waals surface area contributed by atoms with Crippen molar-refractivity contribution in [1.29, 1.82) is 0 Å². The van der Waals surface area contributed by atoms with Crippen LogP contribution in [-0.2, 0) is 6.54 Å². The third-order valence-electron chi connectivity index (χ3n) is 5.25. The summed E-state index contributed by atoms with van der Waals surface area (Å²) in [6.07, 6.45) is 8.12. The molecule has 1 atom stereocenters. The topological polar surface area (TPSA) is 72.3 Å². The lowest BCUT2D eigenvalue weighted by Gasteiger charge is -2.22. The summed E-state index contributed by atoms with van der Waals surface area (Å²) >= 11 is 0. The van der Waals surface area contributed by atoms with Crippen molar-refractivity contribution in [2.75, 3.05) is 6.54 Å². The van der Waals surface area contributed by atoms with Crippen LogP contribution in [0.3, 0.4) is 0 Å². The van der Waals surface area contributed by atoms with Crippen molar-refractivity contribution in [2.45, 2.75) is 32.4 Å². The second-order valence-electron chi connectivity index (χ2n) is 7.02. The Morgan fingerprint density at radius 1 is 1.15 bits per heavy atom. The first kappa shape index (κ1) is 16.1. The number of nitrogens with zero attached hydrogens (tertiary/aromatic N) is 6. The van der Waals surface area contributed by atoms with Gasteiger partial charge in [-0.2, -0.15) is 5.10 Å². The van der Waals surface area contributed by atoms with Gasteiger partial charge in [0, 0.05) is 30.1 Å². The highest BCUT2D eigenvalue weighted by Gasteiger charge is 2.30. The van der Waals surface area contributed by atoms with E-state index in [1.54, 1.807) is 0 Å². The largest absolute Gasteiger partial charge is 0.290 e. The molecule has 1 aliphatic rings. The fraction of sp³-hybridized carbons (Fsp3) is 0.300. The first-order valence-electron chi connectivity index (χ1n) is 9.20. The minimum atomic E-state index is 0.254. The van der Waals surface area contributed by atoms with Crippen LogP contribution in [0.4, 0.5) is 0 Å². The lowest BCUT2D eigenvalue weighted by Crippen LogP contribution is -2.23. The number of likely N-dealkylation sites (tertiary alicyclic amines) is 1. The molecule has 1 fully saturated rings. The maximum Gasteiger partial charge on any atom is 0.162 e. The molecular weight excluding hydrogens is 340 g/mol. The second kappa shape index (κ2) is 6.59. The van der Waals surface area contributed by atoms with Gasteiger partial charge >= 0.3 is 0 Å². The van der Waals surface area contributed by atoms with Gasteiger partial charge in [-0.1, -0.05) is 40.6 Å². The van der Waals surface area contributed by atoms with Gasteiger partial charge in [-0.3, -0.25) is 4.90 Å². The molecule has 0 aliphatic carbocycles. The molecule has 0 N–H and O–H groups in total. The van der Waals surface area contributed by atoms with E-state index in [4.69, 9.17) is 9.61 Å². The summed E-state index contributed by atoms with van der Waals surface area (Å²) in [5.74, 6) is 0. The molecule has 0 spiro atoms. The van der Waals surface area contributed by atoms with E-state index in [0.29, 0.717) is 0 Å². The van der Waals surface area contributed by atoms with Crippen molar-refractivity contribution in [1.82, 2.24) is 29.8 Å². The molecule has 1 unspecified atom stereocenters. The Kier molecular flexibility index (Phi) is 3.94. The van der Waals surface area contributed by atoms with Crippen LogP contribution in [0, 0.1) is 6.92 Å². The summed E-state index contributed by atoms with van der Waals surface area (Å²) in [4.78, 5) is 7.11. The lowest BCUT2D eigenvalue weighted by molar-refractivity contribution is 0.231. The summed E-state index contributed by atoms with van der Waals surface area (Å²) in [7, 11) is 0. The fourth-order valence-electron chi connectivity index (χ4n) is 3.92. The molecule has 1 aromatic carbocycles. The predicted molar refractivity (Wildman–Crippen MR) is 99.8 cm³/mol. The summed E-state index contributed by atoms with van der Waals surface area (Å²) in [6, 6.07) is 10.5. The molecule has 4 aromatic rings. The molecule has 4 heterocycles. The Morgan fingerprint density at radius 2 is 2.04 bits per heavy atom. The number of fused-ring (bicyclic) bond motifs is 1. The number of hydrogen-bond donors (Lipinski definition) is 0. The van der Waals surface area contributed by atoms with Gasteiger partial charge < -0.3 is 0 Å². The van der Waals surface area contributed by atoms with Crippen molar-refractivity contribution >= 4 is 5.65 Å². The monoisotopic (exact) mass is 360 g/mol. The van der Waals surface area contributed by atoms with Crippen LogP contribution in [0.25, 0.3) is 16.8 Å². The van der Waals surface area contributed by atoms with Crippen molar-refractivity contribution in [3.05, 3.63) is 65.9 Å². The van der Waals surface area contributed by atoms with Gasteiger partial charge in [-0.05, 0) is 31.9 Å². The van der Waals surface area contributed by atoms with Crippen molar-refractivity contribution in [3.63, 3.8) is 0 Å². The van der Waals surface area contributed by atoms with E-state index in [1.807, 2.05) is 42.0 Å². The molecule has 1 aliphatic heterocycles. The van der Waals surface area contributed by atoms with Gasteiger partial charge in [0.2, 0.25) is 0 Å². The molecule has 3 aromatic heterocycles. The molecule has 0 bridgehead atoms. The van der Waals surface area contributed by atoms with E-state index >= 15 is 0 Å². The Balaban J connectivity index is 1.42. The predicted octanol–water partition coefficient (Wildman–Crippen LogP) is 3.42. The average molecular weight is 360 g/mol. The Morgan fingerprint density at radius 3 is 2.85 bits per heavy atom. The summed E-state index contributed by atoms with van der Waals surface area (Å²) < 4.78 is 6.77. The standard InChI is InChI=1S/C20H20N6O/c1-14-19(24-27-23-14)18-8-5-9-25(18)12-15-10-21-20-17(11-22-26(20)13-15)16-6-3-2-4-7-16/h2-4,6-7,10-11,13,18H,5,8-9,12H2,1H3. The highest BCUT2D eigenvalue weighted by molar-refractivity contribution is 5.76. The SMILES string of the molecule is Cc1nonc1C1CCCN1Cc1cnc2c(-c3ccccc3)cnn2c1. The molecule has 7 heteroatoms. The Labute approximate surface area is 156 Å².